The van der Waals surface area contributed by atoms with Crippen LogP contribution >= 0.6 is 11.8 Å². The van der Waals surface area contributed by atoms with Gasteiger partial charge in [0.2, 0.25) is 0 Å². The van der Waals surface area contributed by atoms with Crippen molar-refractivity contribution >= 4 is 17.4 Å². The zero-order valence-electron chi connectivity index (χ0n) is 10.2. The topological polar surface area (TPSA) is 21.3 Å². The molecule has 3 heteroatoms. The van der Waals surface area contributed by atoms with Gasteiger partial charge in [-0.2, -0.15) is 0 Å². The van der Waals surface area contributed by atoms with Gasteiger partial charge in [-0.25, -0.2) is 0 Å². The fraction of sp³-hybridized carbons (Fsp3) is 0.538. The molecule has 0 bridgehead atoms. The van der Waals surface area contributed by atoms with Gasteiger partial charge in [-0.05, 0) is 44.2 Å². The predicted octanol–water partition coefficient (Wildman–Crippen LogP) is 3.77. The number of benzene rings is 1. The van der Waals surface area contributed by atoms with Gasteiger partial charge in [0, 0.05) is 4.90 Å². The van der Waals surface area contributed by atoms with E-state index >= 15 is 0 Å². The molecule has 0 atom stereocenters. The van der Waals surface area contributed by atoms with Crippen LogP contribution < -0.4 is 10.1 Å². The normalized spacial score (nSPS) is 17.2. The van der Waals surface area contributed by atoms with E-state index in [0.717, 1.165) is 18.0 Å². The van der Waals surface area contributed by atoms with Crippen LogP contribution in [0.2, 0.25) is 0 Å². The molecule has 0 amide bonds. The van der Waals surface area contributed by atoms with Gasteiger partial charge in [-0.1, -0.05) is 6.92 Å². The lowest BCUT2D eigenvalue weighted by atomic mass is 10.1. The lowest BCUT2D eigenvalue weighted by Gasteiger charge is -2.33. The van der Waals surface area contributed by atoms with Crippen molar-refractivity contribution in [2.45, 2.75) is 37.7 Å². The molecular weight excluding hydrogens is 218 g/mol. The summed E-state index contributed by atoms with van der Waals surface area (Å²) in [5.74, 6) is 2.14. The Balaban J connectivity index is 2.15. The minimum absolute atomic E-state index is 0.106. The van der Waals surface area contributed by atoms with E-state index in [1.54, 1.807) is 0 Å². The summed E-state index contributed by atoms with van der Waals surface area (Å²) in [6.07, 6.45) is 1.21. The Labute approximate surface area is 102 Å². The van der Waals surface area contributed by atoms with Gasteiger partial charge in [0.05, 0.1) is 12.2 Å². The van der Waals surface area contributed by atoms with E-state index in [1.807, 2.05) is 11.8 Å². The first-order valence-corrected chi connectivity index (χ1v) is 6.79. The van der Waals surface area contributed by atoms with Crippen molar-refractivity contribution in [2.24, 2.45) is 0 Å². The maximum atomic E-state index is 5.91. The first-order chi connectivity index (χ1) is 7.61. The molecule has 1 aromatic carbocycles. The van der Waals surface area contributed by atoms with E-state index in [4.69, 9.17) is 4.74 Å². The fourth-order valence-electron chi connectivity index (χ4n) is 1.69. The molecule has 88 valence electrons. The van der Waals surface area contributed by atoms with Gasteiger partial charge in [0.1, 0.15) is 11.4 Å². The highest BCUT2D eigenvalue weighted by Gasteiger charge is 2.26. The molecule has 0 saturated heterocycles. The molecule has 2 rings (SSSR count). The lowest BCUT2D eigenvalue weighted by Crippen LogP contribution is -2.39. The van der Waals surface area contributed by atoms with Gasteiger partial charge in [0.15, 0.2) is 0 Å². The van der Waals surface area contributed by atoms with E-state index in [-0.39, 0.29) is 5.60 Å². The zero-order valence-corrected chi connectivity index (χ0v) is 11.0. The number of thioether (sulfide) groups is 1. The Morgan fingerprint density at radius 1 is 1.44 bits per heavy atom. The van der Waals surface area contributed by atoms with Crippen molar-refractivity contribution in [2.75, 3.05) is 17.6 Å². The van der Waals surface area contributed by atoms with Crippen LogP contribution in [0.5, 0.6) is 5.75 Å². The second-order valence-corrected chi connectivity index (χ2v) is 5.89. The smallest absolute Gasteiger partial charge is 0.143 e. The van der Waals surface area contributed by atoms with E-state index in [0.29, 0.717) is 0 Å². The van der Waals surface area contributed by atoms with Crippen molar-refractivity contribution in [1.82, 2.24) is 0 Å². The van der Waals surface area contributed by atoms with Gasteiger partial charge >= 0.3 is 0 Å². The molecule has 1 aliphatic rings. The molecule has 0 radical (unpaired) electrons. The summed E-state index contributed by atoms with van der Waals surface area (Å²) in [5, 5.41) is 3.43. The van der Waals surface area contributed by atoms with Gasteiger partial charge in [0.25, 0.3) is 0 Å². The Hall–Kier alpha value is -0.830. The zero-order chi connectivity index (χ0) is 11.6. The molecule has 0 spiro atoms. The molecule has 0 fully saturated rings. The summed E-state index contributed by atoms with van der Waals surface area (Å²) in [4.78, 5) is 1.32. The highest BCUT2D eigenvalue weighted by molar-refractivity contribution is 7.99. The van der Waals surface area contributed by atoms with Crippen LogP contribution in [-0.2, 0) is 0 Å². The highest BCUT2D eigenvalue weighted by atomic mass is 32.2. The summed E-state index contributed by atoms with van der Waals surface area (Å²) in [5.41, 5.74) is 1.02. The summed E-state index contributed by atoms with van der Waals surface area (Å²) < 4.78 is 5.91. The summed E-state index contributed by atoms with van der Waals surface area (Å²) in [6.45, 7) is 7.27. The Kier molecular flexibility index (Phi) is 3.33. The van der Waals surface area contributed by atoms with E-state index in [1.165, 1.54) is 17.1 Å². The SMILES string of the molecule is CCCSc1ccc2c(c1)NCC(C)(C)O2. The second-order valence-electron chi connectivity index (χ2n) is 4.72. The van der Waals surface area contributed by atoms with E-state index < -0.39 is 0 Å². The molecule has 0 unspecified atom stereocenters. The van der Waals surface area contributed by atoms with Crippen molar-refractivity contribution in [3.63, 3.8) is 0 Å². The van der Waals surface area contributed by atoms with Crippen LogP contribution in [0.3, 0.4) is 0 Å². The quantitative estimate of drug-likeness (QED) is 0.809. The first kappa shape index (κ1) is 11.6. The maximum Gasteiger partial charge on any atom is 0.143 e. The standard InChI is InChI=1S/C13H19NOS/c1-4-7-16-10-5-6-12-11(8-10)14-9-13(2,3)15-12/h5-6,8,14H,4,7,9H2,1-3H3. The second kappa shape index (κ2) is 4.58. The molecule has 2 nitrogen and oxygen atoms in total. The van der Waals surface area contributed by atoms with E-state index in [9.17, 15) is 0 Å². The monoisotopic (exact) mass is 237 g/mol. The Morgan fingerprint density at radius 3 is 3.00 bits per heavy atom. The maximum absolute atomic E-state index is 5.91. The summed E-state index contributed by atoms with van der Waals surface area (Å²) >= 11 is 1.90. The first-order valence-electron chi connectivity index (χ1n) is 5.80. The number of rotatable bonds is 3. The summed E-state index contributed by atoms with van der Waals surface area (Å²) in [7, 11) is 0. The molecule has 0 saturated carbocycles. The molecule has 16 heavy (non-hydrogen) atoms. The van der Waals surface area contributed by atoms with Crippen LogP contribution in [0.1, 0.15) is 27.2 Å². The predicted molar refractivity (Wildman–Crippen MR) is 70.7 cm³/mol. The average molecular weight is 237 g/mol. The van der Waals surface area contributed by atoms with Crippen molar-refractivity contribution in [3.05, 3.63) is 18.2 Å². The molecule has 0 aromatic heterocycles. The third-order valence-electron chi connectivity index (χ3n) is 2.51. The molecule has 1 N–H and O–H groups in total. The van der Waals surface area contributed by atoms with Crippen LogP contribution in [0.15, 0.2) is 23.1 Å². The number of hydrogen-bond acceptors (Lipinski definition) is 3. The molecule has 0 aliphatic carbocycles. The van der Waals surface area contributed by atoms with Crippen LogP contribution in [-0.4, -0.2) is 17.9 Å². The van der Waals surface area contributed by atoms with Gasteiger partial charge in [-0.15, -0.1) is 11.8 Å². The Bertz CT molecular complexity index is 376. The summed E-state index contributed by atoms with van der Waals surface area (Å²) in [6, 6.07) is 6.40. The molecule has 1 aromatic rings. The van der Waals surface area contributed by atoms with Gasteiger partial charge in [-0.3, -0.25) is 0 Å². The fourth-order valence-corrected chi connectivity index (χ4v) is 2.49. The van der Waals surface area contributed by atoms with Crippen LogP contribution in [0.4, 0.5) is 5.69 Å². The van der Waals surface area contributed by atoms with E-state index in [2.05, 4.69) is 44.3 Å². The van der Waals surface area contributed by atoms with Crippen LogP contribution in [0.25, 0.3) is 0 Å². The average Bonchev–Trinajstić information content (AvgIpc) is 2.25. The molecule has 1 heterocycles. The number of nitrogens with one attached hydrogen (secondary N) is 1. The van der Waals surface area contributed by atoms with Crippen molar-refractivity contribution in [3.8, 4) is 5.75 Å². The third-order valence-corrected chi connectivity index (χ3v) is 3.71. The highest BCUT2D eigenvalue weighted by Crippen LogP contribution is 2.35. The minimum Gasteiger partial charge on any atom is -0.484 e. The number of fused-ring (bicyclic) bond motifs is 1. The number of ether oxygens (including phenoxy) is 1. The van der Waals surface area contributed by atoms with Crippen molar-refractivity contribution in [1.29, 1.82) is 0 Å². The largest absolute Gasteiger partial charge is 0.484 e. The minimum atomic E-state index is -0.106. The Morgan fingerprint density at radius 2 is 2.25 bits per heavy atom. The number of anilines is 1. The van der Waals surface area contributed by atoms with Crippen LogP contribution in [0, 0.1) is 0 Å². The molecule has 1 aliphatic heterocycles. The molecular formula is C13H19NOS. The van der Waals surface area contributed by atoms with Crippen molar-refractivity contribution < 1.29 is 4.74 Å². The van der Waals surface area contributed by atoms with Gasteiger partial charge < -0.3 is 10.1 Å². The third kappa shape index (κ3) is 2.64. The number of hydrogen-bond donors (Lipinski definition) is 1. The lowest BCUT2D eigenvalue weighted by molar-refractivity contribution is 0.116.